The predicted molar refractivity (Wildman–Crippen MR) is 81.2 cm³/mol. The van der Waals surface area contributed by atoms with Crippen LogP contribution < -0.4 is 0 Å². The fourth-order valence-electron chi connectivity index (χ4n) is 2.06. The first-order valence-corrected chi connectivity index (χ1v) is 8.77. The molecule has 0 spiro atoms. The van der Waals surface area contributed by atoms with Gasteiger partial charge in [-0.3, -0.25) is 0 Å². The number of hydrogen-bond acceptors (Lipinski definition) is 7. The average molecular weight is 324 g/mol. The quantitative estimate of drug-likeness (QED) is 0.424. The minimum Gasteiger partial charge on any atom is -0.394 e. The van der Waals surface area contributed by atoms with E-state index in [1.807, 2.05) is 11.8 Å². The number of unbranched alkanes of at least 4 members (excludes halogenated alkanes) is 2. The molecule has 0 aromatic carbocycles. The Balaban J connectivity index is 2.16. The summed E-state index contributed by atoms with van der Waals surface area (Å²) in [6, 6.07) is 0. The normalized spacial score (nSPS) is 33.3. The Morgan fingerprint density at radius 1 is 1.00 bits per heavy atom. The number of hydrogen-bond donors (Lipinski definition) is 4. The number of thioether (sulfide) groups is 1. The molecule has 1 aliphatic heterocycles. The van der Waals surface area contributed by atoms with Gasteiger partial charge in [0.15, 0.2) is 6.29 Å². The summed E-state index contributed by atoms with van der Waals surface area (Å²) in [5, 5.41) is 38.1. The van der Waals surface area contributed by atoms with Gasteiger partial charge >= 0.3 is 0 Å². The highest BCUT2D eigenvalue weighted by Crippen LogP contribution is 2.22. The maximum absolute atomic E-state index is 9.78. The van der Waals surface area contributed by atoms with Gasteiger partial charge in [-0.1, -0.05) is 13.3 Å². The largest absolute Gasteiger partial charge is 0.394 e. The Labute approximate surface area is 130 Å². The summed E-state index contributed by atoms with van der Waals surface area (Å²) in [4.78, 5) is 0. The van der Waals surface area contributed by atoms with Crippen LogP contribution in [0, 0.1) is 0 Å². The van der Waals surface area contributed by atoms with Crippen molar-refractivity contribution in [3.8, 4) is 0 Å². The summed E-state index contributed by atoms with van der Waals surface area (Å²) in [6.45, 7) is 2.16. The van der Waals surface area contributed by atoms with Crippen LogP contribution in [0.4, 0.5) is 0 Å². The number of rotatable bonds is 10. The zero-order valence-electron chi connectivity index (χ0n) is 12.6. The van der Waals surface area contributed by atoms with E-state index in [1.165, 1.54) is 18.6 Å². The summed E-state index contributed by atoms with van der Waals surface area (Å²) in [5.74, 6) is 2.27. The van der Waals surface area contributed by atoms with Crippen molar-refractivity contribution in [2.45, 2.75) is 63.3 Å². The SMILES string of the molecule is CCCCSCCCCO[C@@H]1OC(CO)[C@H](O)[C@H](O)C1O. The van der Waals surface area contributed by atoms with Gasteiger partial charge in [-0.15, -0.1) is 0 Å². The summed E-state index contributed by atoms with van der Waals surface area (Å²) in [5.41, 5.74) is 0. The van der Waals surface area contributed by atoms with E-state index in [0.717, 1.165) is 18.6 Å². The number of aliphatic hydroxyl groups excluding tert-OH is 4. The van der Waals surface area contributed by atoms with E-state index in [-0.39, 0.29) is 0 Å². The van der Waals surface area contributed by atoms with Gasteiger partial charge in [0.25, 0.3) is 0 Å². The molecule has 4 N–H and O–H groups in total. The average Bonchev–Trinajstić information content (AvgIpc) is 2.49. The molecule has 0 aromatic heterocycles. The zero-order chi connectivity index (χ0) is 15.7. The first-order valence-electron chi connectivity index (χ1n) is 7.61. The van der Waals surface area contributed by atoms with E-state index in [0.29, 0.717) is 6.61 Å². The molecule has 1 saturated heterocycles. The fraction of sp³-hybridized carbons (Fsp3) is 1.00. The van der Waals surface area contributed by atoms with Crippen LogP contribution in [0.15, 0.2) is 0 Å². The van der Waals surface area contributed by atoms with Crippen LogP contribution in [0.1, 0.15) is 32.6 Å². The van der Waals surface area contributed by atoms with Crippen LogP contribution in [-0.4, -0.2) is 75.9 Å². The first-order chi connectivity index (χ1) is 10.1. The molecule has 1 heterocycles. The molecule has 1 aliphatic rings. The summed E-state index contributed by atoms with van der Waals surface area (Å²) in [7, 11) is 0. The Hall–Kier alpha value is 0.110. The maximum Gasteiger partial charge on any atom is 0.186 e. The molecule has 126 valence electrons. The van der Waals surface area contributed by atoms with Crippen LogP contribution in [0.25, 0.3) is 0 Å². The molecule has 0 saturated carbocycles. The van der Waals surface area contributed by atoms with Crippen molar-refractivity contribution in [1.29, 1.82) is 0 Å². The van der Waals surface area contributed by atoms with Crippen molar-refractivity contribution in [3.63, 3.8) is 0 Å². The molecular weight excluding hydrogens is 296 g/mol. The van der Waals surface area contributed by atoms with Crippen molar-refractivity contribution in [1.82, 2.24) is 0 Å². The Bertz CT molecular complexity index is 266. The van der Waals surface area contributed by atoms with Crippen molar-refractivity contribution in [2.75, 3.05) is 24.7 Å². The van der Waals surface area contributed by atoms with Gasteiger partial charge in [0.2, 0.25) is 0 Å². The summed E-state index contributed by atoms with van der Waals surface area (Å²) < 4.78 is 10.7. The second kappa shape index (κ2) is 10.8. The highest BCUT2D eigenvalue weighted by molar-refractivity contribution is 7.99. The third-order valence-corrected chi connectivity index (χ3v) is 4.61. The van der Waals surface area contributed by atoms with Gasteiger partial charge in [0.1, 0.15) is 24.4 Å². The van der Waals surface area contributed by atoms with E-state index >= 15 is 0 Å². The molecule has 0 bridgehead atoms. The lowest BCUT2D eigenvalue weighted by Gasteiger charge is -2.39. The van der Waals surface area contributed by atoms with Crippen molar-refractivity contribution < 1.29 is 29.9 Å². The highest BCUT2D eigenvalue weighted by Gasteiger charge is 2.43. The lowest BCUT2D eigenvalue weighted by Crippen LogP contribution is -2.59. The maximum atomic E-state index is 9.78. The van der Waals surface area contributed by atoms with E-state index in [1.54, 1.807) is 0 Å². The van der Waals surface area contributed by atoms with Crippen LogP contribution in [0.5, 0.6) is 0 Å². The van der Waals surface area contributed by atoms with Crippen LogP contribution in [0.2, 0.25) is 0 Å². The third kappa shape index (κ3) is 6.40. The molecule has 7 heteroatoms. The van der Waals surface area contributed by atoms with Crippen LogP contribution in [0.3, 0.4) is 0 Å². The molecular formula is C14H28O6S. The van der Waals surface area contributed by atoms with Crippen molar-refractivity contribution in [3.05, 3.63) is 0 Å². The fourth-order valence-corrected chi connectivity index (χ4v) is 3.16. The predicted octanol–water partition coefficient (Wildman–Crippen LogP) is 0.116. The molecule has 0 aliphatic carbocycles. The molecule has 21 heavy (non-hydrogen) atoms. The minimum atomic E-state index is -1.37. The summed E-state index contributed by atoms with van der Waals surface area (Å²) >= 11 is 1.93. The monoisotopic (exact) mass is 324 g/mol. The Morgan fingerprint density at radius 3 is 2.38 bits per heavy atom. The summed E-state index contributed by atoms with van der Waals surface area (Å²) in [6.07, 6.45) is -1.60. The van der Waals surface area contributed by atoms with Crippen molar-refractivity contribution >= 4 is 11.8 Å². The second-order valence-electron chi connectivity index (χ2n) is 5.24. The molecule has 1 rings (SSSR count). The number of ether oxygens (including phenoxy) is 2. The van der Waals surface area contributed by atoms with E-state index in [9.17, 15) is 15.3 Å². The molecule has 0 amide bonds. The Morgan fingerprint density at radius 2 is 1.71 bits per heavy atom. The topological polar surface area (TPSA) is 99.4 Å². The molecule has 0 aromatic rings. The Kier molecular flexibility index (Phi) is 9.83. The lowest BCUT2D eigenvalue weighted by atomic mass is 9.99. The first kappa shape index (κ1) is 19.2. The van der Waals surface area contributed by atoms with Gasteiger partial charge in [0.05, 0.1) is 6.61 Å². The standard InChI is InChI=1S/C14H28O6S/c1-2-3-7-21-8-5-4-6-19-14-13(18)12(17)11(16)10(9-15)20-14/h10-18H,2-9H2,1H3/t10?,11-,12-,13?,14+/m0/s1. The van der Waals surface area contributed by atoms with Gasteiger partial charge in [-0.25, -0.2) is 0 Å². The van der Waals surface area contributed by atoms with E-state index < -0.39 is 37.3 Å². The van der Waals surface area contributed by atoms with Gasteiger partial charge in [0, 0.05) is 6.61 Å². The third-order valence-electron chi connectivity index (χ3n) is 3.46. The number of aliphatic hydroxyl groups is 4. The van der Waals surface area contributed by atoms with Crippen molar-refractivity contribution in [2.24, 2.45) is 0 Å². The second-order valence-corrected chi connectivity index (χ2v) is 6.47. The zero-order valence-corrected chi connectivity index (χ0v) is 13.4. The molecule has 5 atom stereocenters. The van der Waals surface area contributed by atoms with Crippen LogP contribution >= 0.6 is 11.8 Å². The van der Waals surface area contributed by atoms with Gasteiger partial charge in [-0.05, 0) is 30.8 Å². The molecule has 6 nitrogen and oxygen atoms in total. The molecule has 2 unspecified atom stereocenters. The minimum absolute atomic E-state index is 0.414. The van der Waals surface area contributed by atoms with E-state index in [4.69, 9.17) is 14.6 Å². The highest BCUT2D eigenvalue weighted by atomic mass is 32.2. The lowest BCUT2D eigenvalue weighted by molar-refractivity contribution is -0.301. The molecule has 1 fully saturated rings. The van der Waals surface area contributed by atoms with Gasteiger partial charge < -0.3 is 29.9 Å². The van der Waals surface area contributed by atoms with Crippen LogP contribution in [-0.2, 0) is 9.47 Å². The van der Waals surface area contributed by atoms with E-state index in [2.05, 4.69) is 6.92 Å². The smallest absolute Gasteiger partial charge is 0.186 e. The molecule has 0 radical (unpaired) electrons. The van der Waals surface area contributed by atoms with Gasteiger partial charge in [-0.2, -0.15) is 11.8 Å².